The van der Waals surface area contributed by atoms with Crippen molar-refractivity contribution in [1.29, 1.82) is 0 Å². The van der Waals surface area contributed by atoms with Crippen LogP contribution in [0.5, 0.6) is 0 Å². The summed E-state index contributed by atoms with van der Waals surface area (Å²) >= 11 is 0. The Morgan fingerprint density at radius 2 is 1.68 bits per heavy atom. The summed E-state index contributed by atoms with van der Waals surface area (Å²) in [5.41, 5.74) is -0.128. The molecule has 1 heterocycles. The van der Waals surface area contributed by atoms with E-state index in [9.17, 15) is 13.5 Å². The second-order valence-electron chi connectivity index (χ2n) is 5.62. The number of para-hydroxylation sites is 1. The first-order chi connectivity index (χ1) is 10.4. The second-order valence-corrected chi connectivity index (χ2v) is 7.61. The molecule has 0 radical (unpaired) electrons. The van der Waals surface area contributed by atoms with Gasteiger partial charge in [0.15, 0.2) is 9.84 Å². The molecule has 0 fully saturated rings. The number of aliphatic hydroxyl groups is 1. The highest BCUT2D eigenvalue weighted by Crippen LogP contribution is 2.28. The zero-order valence-electron chi connectivity index (χ0n) is 12.2. The molecule has 5 heteroatoms. The van der Waals surface area contributed by atoms with E-state index >= 15 is 0 Å². The molecule has 114 valence electrons. The van der Waals surface area contributed by atoms with Crippen LogP contribution in [0.1, 0.15) is 12.6 Å². The lowest BCUT2D eigenvalue weighted by atomic mass is 10.1. The number of aromatic amines is 1. The van der Waals surface area contributed by atoms with E-state index in [0.29, 0.717) is 5.69 Å². The third-order valence-electron chi connectivity index (χ3n) is 3.68. The highest BCUT2D eigenvalue weighted by Gasteiger charge is 2.32. The third kappa shape index (κ3) is 2.77. The number of nitrogens with one attached hydrogen (secondary N) is 1. The Labute approximate surface area is 129 Å². The number of rotatable bonds is 4. The molecule has 0 aliphatic carbocycles. The SMILES string of the molecule is CC(O)(CS(=O)(=O)c1ccccc1)c1cc2ccccc2[nH]1. The zero-order chi connectivity index (χ0) is 15.8. The average Bonchev–Trinajstić information content (AvgIpc) is 2.92. The van der Waals surface area contributed by atoms with E-state index in [4.69, 9.17) is 0 Å². The fourth-order valence-corrected chi connectivity index (χ4v) is 4.16. The van der Waals surface area contributed by atoms with Crippen LogP contribution in [0.15, 0.2) is 65.6 Å². The van der Waals surface area contributed by atoms with E-state index in [1.165, 1.54) is 19.1 Å². The molecule has 0 saturated carbocycles. The van der Waals surface area contributed by atoms with Gasteiger partial charge in [0.1, 0.15) is 5.60 Å². The van der Waals surface area contributed by atoms with Gasteiger partial charge < -0.3 is 10.1 Å². The van der Waals surface area contributed by atoms with Gasteiger partial charge in [-0.15, -0.1) is 0 Å². The second kappa shape index (κ2) is 5.26. The van der Waals surface area contributed by atoms with Crippen molar-refractivity contribution in [2.24, 2.45) is 0 Å². The van der Waals surface area contributed by atoms with Gasteiger partial charge in [-0.1, -0.05) is 36.4 Å². The summed E-state index contributed by atoms with van der Waals surface area (Å²) in [6.07, 6.45) is 0. The quantitative estimate of drug-likeness (QED) is 0.778. The van der Waals surface area contributed by atoms with Crippen LogP contribution in [0.4, 0.5) is 0 Å². The number of hydrogen-bond acceptors (Lipinski definition) is 3. The smallest absolute Gasteiger partial charge is 0.181 e. The molecular formula is C17H17NO3S. The van der Waals surface area contributed by atoms with Crippen LogP contribution in [0.25, 0.3) is 10.9 Å². The maximum atomic E-state index is 12.5. The van der Waals surface area contributed by atoms with E-state index in [-0.39, 0.29) is 10.6 Å². The molecule has 0 aliphatic rings. The van der Waals surface area contributed by atoms with Crippen LogP contribution in [0.3, 0.4) is 0 Å². The van der Waals surface area contributed by atoms with E-state index < -0.39 is 15.4 Å². The van der Waals surface area contributed by atoms with Crippen LogP contribution in [0.2, 0.25) is 0 Å². The monoisotopic (exact) mass is 315 g/mol. The van der Waals surface area contributed by atoms with Crippen molar-refractivity contribution in [1.82, 2.24) is 4.98 Å². The maximum absolute atomic E-state index is 12.5. The lowest BCUT2D eigenvalue weighted by Crippen LogP contribution is -2.31. The molecule has 0 aliphatic heterocycles. The van der Waals surface area contributed by atoms with E-state index in [0.717, 1.165) is 10.9 Å². The van der Waals surface area contributed by atoms with E-state index in [2.05, 4.69) is 4.98 Å². The Bertz CT molecular complexity index is 863. The largest absolute Gasteiger partial charge is 0.383 e. The van der Waals surface area contributed by atoms with Crippen molar-refractivity contribution in [3.63, 3.8) is 0 Å². The standard InChI is InChI=1S/C17H17NO3S/c1-17(19,12-22(20,21)14-8-3-2-4-9-14)16-11-13-7-5-6-10-15(13)18-16/h2-11,18-19H,12H2,1H3. The lowest BCUT2D eigenvalue weighted by molar-refractivity contribution is 0.0780. The highest BCUT2D eigenvalue weighted by atomic mass is 32.2. The molecule has 1 atom stereocenters. The van der Waals surface area contributed by atoms with Crippen LogP contribution in [-0.4, -0.2) is 24.3 Å². The predicted molar refractivity (Wildman–Crippen MR) is 86.4 cm³/mol. The molecule has 2 aromatic carbocycles. The first-order valence-electron chi connectivity index (χ1n) is 6.97. The average molecular weight is 315 g/mol. The van der Waals surface area contributed by atoms with Crippen molar-refractivity contribution in [3.8, 4) is 0 Å². The minimum absolute atomic E-state index is 0.214. The van der Waals surface area contributed by atoms with Crippen LogP contribution in [0, 0.1) is 0 Å². The Morgan fingerprint density at radius 1 is 1.05 bits per heavy atom. The Hall–Kier alpha value is -2.11. The summed E-state index contributed by atoms with van der Waals surface area (Å²) in [6, 6.07) is 17.6. The summed E-state index contributed by atoms with van der Waals surface area (Å²) in [4.78, 5) is 3.31. The van der Waals surface area contributed by atoms with Gasteiger partial charge in [0, 0.05) is 11.2 Å². The summed E-state index contributed by atoms with van der Waals surface area (Å²) in [5.74, 6) is -0.378. The minimum Gasteiger partial charge on any atom is -0.383 e. The first-order valence-corrected chi connectivity index (χ1v) is 8.62. The van der Waals surface area contributed by atoms with Gasteiger partial charge in [0.05, 0.1) is 10.6 Å². The van der Waals surface area contributed by atoms with Gasteiger partial charge in [-0.3, -0.25) is 0 Å². The van der Waals surface area contributed by atoms with Gasteiger partial charge in [-0.05, 0) is 36.6 Å². The Morgan fingerprint density at radius 3 is 2.36 bits per heavy atom. The fourth-order valence-electron chi connectivity index (χ4n) is 2.52. The Kier molecular flexibility index (Phi) is 3.54. The van der Waals surface area contributed by atoms with Gasteiger partial charge in [-0.2, -0.15) is 0 Å². The van der Waals surface area contributed by atoms with Gasteiger partial charge in [0.25, 0.3) is 0 Å². The normalized spacial score (nSPS) is 14.8. The van der Waals surface area contributed by atoms with Gasteiger partial charge >= 0.3 is 0 Å². The maximum Gasteiger partial charge on any atom is 0.181 e. The molecular weight excluding hydrogens is 298 g/mol. The molecule has 4 nitrogen and oxygen atoms in total. The van der Waals surface area contributed by atoms with Gasteiger partial charge in [-0.25, -0.2) is 8.42 Å². The van der Waals surface area contributed by atoms with Crippen LogP contribution in [-0.2, 0) is 15.4 Å². The molecule has 1 unspecified atom stereocenters. The van der Waals surface area contributed by atoms with Crippen LogP contribution >= 0.6 is 0 Å². The lowest BCUT2D eigenvalue weighted by Gasteiger charge is -2.22. The molecule has 1 aromatic heterocycles. The minimum atomic E-state index is -3.57. The Balaban J connectivity index is 1.96. The molecule has 2 N–H and O–H groups in total. The molecule has 0 amide bonds. The summed E-state index contributed by atoms with van der Waals surface area (Å²) in [5, 5.41) is 11.6. The summed E-state index contributed by atoms with van der Waals surface area (Å²) in [7, 11) is -3.57. The number of sulfone groups is 1. The number of hydrogen-bond donors (Lipinski definition) is 2. The van der Waals surface area contributed by atoms with Crippen molar-refractivity contribution in [2.75, 3.05) is 5.75 Å². The van der Waals surface area contributed by atoms with Crippen molar-refractivity contribution in [2.45, 2.75) is 17.4 Å². The number of benzene rings is 2. The van der Waals surface area contributed by atoms with Crippen molar-refractivity contribution in [3.05, 3.63) is 66.4 Å². The molecule has 3 rings (SSSR count). The van der Waals surface area contributed by atoms with E-state index in [1.54, 1.807) is 24.3 Å². The van der Waals surface area contributed by atoms with E-state index in [1.807, 2.05) is 24.3 Å². The van der Waals surface area contributed by atoms with Crippen LogP contribution < -0.4 is 0 Å². The molecule has 0 bridgehead atoms. The molecule has 0 spiro atoms. The third-order valence-corrected chi connectivity index (χ3v) is 5.62. The zero-order valence-corrected chi connectivity index (χ0v) is 13.0. The molecule has 22 heavy (non-hydrogen) atoms. The van der Waals surface area contributed by atoms with Crippen molar-refractivity contribution >= 4 is 20.7 Å². The van der Waals surface area contributed by atoms with Crippen molar-refractivity contribution < 1.29 is 13.5 Å². The molecule has 3 aromatic rings. The summed E-state index contributed by atoms with van der Waals surface area (Å²) < 4.78 is 24.9. The highest BCUT2D eigenvalue weighted by molar-refractivity contribution is 7.91. The molecule has 0 saturated heterocycles. The fraction of sp³-hybridized carbons (Fsp3) is 0.176. The summed E-state index contributed by atoms with van der Waals surface area (Å²) in [6.45, 7) is 1.51. The number of aromatic nitrogens is 1. The number of fused-ring (bicyclic) bond motifs is 1. The topological polar surface area (TPSA) is 70.2 Å². The predicted octanol–water partition coefficient (Wildman–Crippen LogP) is 2.85. The van der Waals surface area contributed by atoms with Gasteiger partial charge in [0.2, 0.25) is 0 Å². The first kappa shape index (κ1) is 14.8. The number of H-pyrrole nitrogens is 1.